The predicted molar refractivity (Wildman–Crippen MR) is 477 cm³/mol. The van der Waals surface area contributed by atoms with Crippen molar-refractivity contribution in [2.45, 2.75) is 57.8 Å². The van der Waals surface area contributed by atoms with Crippen molar-refractivity contribution in [2.24, 2.45) is 0 Å². The van der Waals surface area contributed by atoms with E-state index in [4.69, 9.17) is 35.4 Å². The molecule has 12 aromatic carbocycles. The lowest BCUT2D eigenvalue weighted by atomic mass is 9.74. The largest absolute Gasteiger partial charge is 0.309 e. The Balaban J connectivity index is 0.000000117. The van der Waals surface area contributed by atoms with Crippen LogP contribution in [0.4, 0.5) is 34.1 Å². The number of pyridine rings is 3. The Kier molecular flexibility index (Phi) is 17.9. The highest BCUT2D eigenvalue weighted by atomic mass is 32.5. The molecule has 0 bridgehead atoms. The second kappa shape index (κ2) is 27.9. The van der Waals surface area contributed by atoms with Gasteiger partial charge in [-0.25, -0.2) is 0 Å². The summed E-state index contributed by atoms with van der Waals surface area (Å²) >= 11 is 20.6. The number of rotatable bonds is 10. The fourth-order valence-electron chi connectivity index (χ4n) is 17.3. The molecular formula is C96H79N8P3S3. The molecule has 2 unspecified atom stereocenters. The lowest BCUT2D eigenvalue weighted by Gasteiger charge is -2.53. The van der Waals surface area contributed by atoms with E-state index in [-0.39, 0.29) is 16.2 Å². The molecule has 17 aromatic rings. The van der Waals surface area contributed by atoms with E-state index in [1.807, 2.05) is 61.4 Å². The van der Waals surface area contributed by atoms with Crippen molar-refractivity contribution >= 4 is 158 Å². The third kappa shape index (κ3) is 11.2. The quantitative estimate of drug-likeness (QED) is 0.125. The zero-order valence-electron chi connectivity index (χ0n) is 61.9. The average molecular weight is 1530 g/mol. The first-order valence-electron chi connectivity index (χ1n) is 37.2. The maximum atomic E-state index is 7.19. The van der Waals surface area contributed by atoms with Crippen LogP contribution in [0.2, 0.25) is 0 Å². The number of hydrogen-bond acceptors (Lipinski definition) is 6. The highest BCUT2D eigenvalue weighted by Crippen LogP contribution is 2.70. The molecule has 2 atom stereocenters. The van der Waals surface area contributed by atoms with Crippen LogP contribution in [-0.2, 0) is 51.7 Å². The summed E-state index contributed by atoms with van der Waals surface area (Å²) in [5, 5.41) is 10.5. The number of aromatic nitrogens is 5. The summed E-state index contributed by atoms with van der Waals surface area (Å²) < 4.78 is 12.2. The fraction of sp³-hybridized carbons (Fsp3) is 0.0938. The Morgan fingerprint density at radius 1 is 0.255 bits per heavy atom. The Morgan fingerprint density at radius 2 is 0.545 bits per heavy atom. The number of benzene rings is 12. The summed E-state index contributed by atoms with van der Waals surface area (Å²) in [6.07, 6.45) is 3.61. The van der Waals surface area contributed by atoms with Gasteiger partial charge in [0.25, 0.3) is 0 Å². The molecule has 0 radical (unpaired) electrons. The summed E-state index contributed by atoms with van der Waals surface area (Å²) in [6.45, 7) is 13.9. The van der Waals surface area contributed by atoms with E-state index >= 15 is 0 Å². The van der Waals surface area contributed by atoms with Gasteiger partial charge in [0.2, 0.25) is 0 Å². The molecule has 0 aliphatic carbocycles. The smallest absolute Gasteiger partial charge is 0.164 e. The van der Waals surface area contributed by atoms with Gasteiger partial charge in [-0.3, -0.25) is 24.3 Å². The van der Waals surface area contributed by atoms with Gasteiger partial charge < -0.3 is 13.6 Å². The highest BCUT2D eigenvalue weighted by molar-refractivity contribution is 8.23. The first-order valence-corrected chi connectivity index (χ1v) is 45.4. The number of anilines is 6. The Hall–Kier alpha value is -11.0. The van der Waals surface area contributed by atoms with E-state index in [1.54, 1.807) is 0 Å². The lowest BCUT2D eigenvalue weighted by molar-refractivity contribution is 0.632. The van der Waals surface area contributed by atoms with Crippen LogP contribution in [0.25, 0.3) is 49.3 Å². The molecule has 0 N–H and O–H groups in total. The van der Waals surface area contributed by atoms with Crippen molar-refractivity contribution < 1.29 is 0 Å². The van der Waals surface area contributed by atoms with Gasteiger partial charge in [-0.1, -0.05) is 290 Å². The van der Waals surface area contributed by atoms with Gasteiger partial charge in [0.05, 0.1) is 68.6 Å². The van der Waals surface area contributed by atoms with Gasteiger partial charge in [0.1, 0.15) is 0 Å². The van der Waals surface area contributed by atoms with Crippen molar-refractivity contribution in [2.75, 3.05) is 14.0 Å². The van der Waals surface area contributed by atoms with E-state index in [0.717, 1.165) is 66.0 Å². The minimum Gasteiger partial charge on any atom is -0.309 e. The molecule has 110 heavy (non-hydrogen) atoms. The Bertz CT molecular complexity index is 6150. The normalized spacial score (nSPS) is 15.2. The van der Waals surface area contributed by atoms with E-state index in [1.165, 1.54) is 77.3 Å². The van der Waals surface area contributed by atoms with Gasteiger partial charge in [-0.05, 0) is 154 Å². The molecule has 3 aliphatic heterocycles. The second-order valence-electron chi connectivity index (χ2n) is 29.8. The van der Waals surface area contributed by atoms with Crippen LogP contribution in [-0.4, -0.2) is 23.9 Å². The fourth-order valence-corrected chi connectivity index (χ4v) is 29.8. The molecule has 0 fully saturated rings. The average Bonchev–Trinajstić information content (AvgIpc) is 0.945. The van der Waals surface area contributed by atoms with Gasteiger partial charge in [0, 0.05) is 107 Å². The molecule has 8 heterocycles. The van der Waals surface area contributed by atoms with Gasteiger partial charge in [-0.15, -0.1) is 0 Å². The lowest BCUT2D eigenvalue weighted by Crippen LogP contribution is -2.41. The minimum atomic E-state index is -2.83. The molecule has 0 spiro atoms. The van der Waals surface area contributed by atoms with Gasteiger partial charge in [-0.2, -0.15) is 0 Å². The molecule has 0 amide bonds. The summed E-state index contributed by atoms with van der Waals surface area (Å²) in [5.74, 6) is 0. The molecule has 8 nitrogen and oxygen atoms in total. The SMILES string of the molecule is CC1(C)c2ccccc2N(P(=S)(c2ccccc2)c2cccnc2)c2ccccc21.CC1(C)c2ccccc2N(P(=S)(c2cccnc2)N2c3ccccc3C(C)(C)c3ccccc32)c2ccccc21.S=P(c1ccccc1)(c1cccnc1)n1c2ccccc2c2cc(-n3c4ccccc4c4ccccc43)ccc21. The van der Waals surface area contributed by atoms with Crippen LogP contribution in [0, 0.1) is 0 Å². The van der Waals surface area contributed by atoms with Crippen molar-refractivity contribution in [1.82, 2.24) is 23.9 Å². The van der Waals surface area contributed by atoms with Crippen LogP contribution < -0.4 is 40.5 Å². The van der Waals surface area contributed by atoms with E-state index in [9.17, 15) is 0 Å². The Morgan fingerprint density at radius 3 is 0.927 bits per heavy atom. The van der Waals surface area contributed by atoms with Crippen LogP contribution in [0.3, 0.4) is 0 Å². The number of para-hydroxylation sites is 9. The molecule has 3 aliphatic rings. The summed E-state index contributed by atoms with van der Waals surface area (Å²) in [4.78, 5) is 13.6. The number of fused-ring (bicyclic) bond motifs is 12. The van der Waals surface area contributed by atoms with Crippen molar-refractivity contribution in [3.63, 3.8) is 0 Å². The molecular weight excluding hydrogens is 1450 g/mol. The molecule has 5 aromatic heterocycles. The van der Waals surface area contributed by atoms with Gasteiger partial charge >= 0.3 is 0 Å². The third-order valence-corrected chi connectivity index (χ3v) is 36.5. The third-order valence-electron chi connectivity index (χ3n) is 22.6. The van der Waals surface area contributed by atoms with E-state index in [0.29, 0.717) is 0 Å². The summed E-state index contributed by atoms with van der Waals surface area (Å²) in [5.41, 5.74) is 20.2. The maximum Gasteiger partial charge on any atom is 0.164 e. The standard InChI is InChI=1S/C35H24N3PS.C35H32N3PS.C26H23N2PS/c40-39(26-11-2-1-3-12-26,27-13-10-22-36-24-27)38-34-19-9-6-16-30(34)31-23-25(20-21-35(31)38)37-32-17-7-4-14-28(32)29-15-5-8-18-33(29)37;1-34(2)26-15-5-9-19-30(26)37(31-20-10-6-16-27(31)34)39(40,25-14-13-23-36-24-25)38-32-21-11-7-17-28(32)35(3,4)29-18-8-12-22-33(29)38;1-26(2)22-14-6-8-16-24(22)28(25-17-9-7-15-23(25)26)29(30,20-11-4-3-5-12-20)21-13-10-18-27-19-21/h1-24H;5-24H,1-4H3;3-19H,1-2H3. The first-order chi connectivity index (χ1) is 53.6. The van der Waals surface area contributed by atoms with Crippen molar-refractivity contribution in [1.29, 1.82) is 0 Å². The molecule has 536 valence electrons. The van der Waals surface area contributed by atoms with Crippen LogP contribution in [0.1, 0.15) is 74.9 Å². The monoisotopic (exact) mass is 1530 g/mol. The van der Waals surface area contributed by atoms with E-state index in [2.05, 4.69) is 389 Å². The zero-order chi connectivity index (χ0) is 75.2. The summed E-state index contributed by atoms with van der Waals surface area (Å²) in [7, 11) is 0. The number of hydrogen-bond donors (Lipinski definition) is 0. The molecule has 14 heteroatoms. The van der Waals surface area contributed by atoms with Crippen LogP contribution in [0.15, 0.2) is 371 Å². The predicted octanol–water partition coefficient (Wildman–Crippen LogP) is 23.1. The first kappa shape index (κ1) is 70.7. The van der Waals surface area contributed by atoms with Crippen LogP contribution in [0.5, 0.6) is 0 Å². The second-order valence-corrected chi connectivity index (χ2v) is 42.1. The topological polar surface area (TPSA) is 58.3 Å². The molecule has 0 saturated heterocycles. The molecule has 20 rings (SSSR count). The van der Waals surface area contributed by atoms with Crippen molar-refractivity contribution in [3.05, 3.63) is 404 Å². The minimum absolute atomic E-state index is 0.102. The van der Waals surface area contributed by atoms with E-state index < -0.39 is 18.7 Å². The maximum absolute atomic E-state index is 7.19. The number of nitrogens with zero attached hydrogens (tertiary/aromatic N) is 8. The van der Waals surface area contributed by atoms with Gasteiger partial charge in [0.15, 0.2) is 6.34 Å². The molecule has 0 saturated carbocycles. The van der Waals surface area contributed by atoms with Crippen LogP contribution >= 0.6 is 18.7 Å². The highest BCUT2D eigenvalue weighted by Gasteiger charge is 2.49. The summed E-state index contributed by atoms with van der Waals surface area (Å²) in [6, 6.07) is 119. The Labute approximate surface area is 658 Å². The zero-order valence-corrected chi connectivity index (χ0v) is 67.0. The van der Waals surface area contributed by atoms with Crippen molar-refractivity contribution in [3.8, 4) is 5.69 Å².